The molecule has 24 heavy (non-hydrogen) atoms. The third kappa shape index (κ3) is 3.38. The lowest BCUT2D eigenvalue weighted by molar-refractivity contribution is -0.117. The van der Waals surface area contributed by atoms with Crippen LogP contribution in [0.1, 0.15) is 24.5 Å². The fourth-order valence-electron chi connectivity index (χ4n) is 2.75. The maximum Gasteiger partial charge on any atom is 0.227 e. The molecule has 1 aliphatic rings. The first-order chi connectivity index (χ1) is 11.6. The van der Waals surface area contributed by atoms with Crippen molar-refractivity contribution in [3.8, 4) is 5.75 Å². The Hall–Kier alpha value is -2.47. The smallest absolute Gasteiger partial charge is 0.227 e. The van der Waals surface area contributed by atoms with Crippen molar-refractivity contribution in [2.24, 2.45) is 0 Å². The number of aliphatic hydroxyl groups is 1. The normalized spacial score (nSPS) is 15.6. The van der Waals surface area contributed by atoms with Crippen LogP contribution < -0.4 is 9.64 Å². The number of amides is 1. The number of hydrogen-bond donors (Lipinski definition) is 1. The van der Waals surface area contributed by atoms with Crippen molar-refractivity contribution in [2.45, 2.75) is 18.9 Å². The fraction of sp³-hybridized carbons (Fsp3) is 0.278. The van der Waals surface area contributed by atoms with E-state index in [0.29, 0.717) is 24.4 Å². The van der Waals surface area contributed by atoms with Crippen molar-refractivity contribution in [2.75, 3.05) is 18.1 Å². The van der Waals surface area contributed by atoms with E-state index in [1.54, 1.807) is 29.2 Å². The molecule has 0 bridgehead atoms. The Balaban J connectivity index is 1.69. The molecule has 126 valence electrons. The van der Waals surface area contributed by atoms with Gasteiger partial charge in [0.2, 0.25) is 5.91 Å². The molecule has 2 aromatic rings. The monoisotopic (exact) mass is 333 g/mol. The Kier molecular flexibility index (Phi) is 4.76. The average Bonchev–Trinajstić information content (AvgIpc) is 2.99. The molecule has 4 nitrogen and oxygen atoms in total. The van der Waals surface area contributed by atoms with Crippen LogP contribution in [0.4, 0.5) is 14.5 Å². The lowest BCUT2D eigenvalue weighted by Crippen LogP contribution is -2.23. The minimum absolute atomic E-state index is 0.0561. The summed E-state index contributed by atoms with van der Waals surface area (Å²) in [5.41, 5.74) is 0.296. The molecule has 0 aliphatic carbocycles. The average molecular weight is 333 g/mol. The van der Waals surface area contributed by atoms with E-state index in [1.165, 1.54) is 6.07 Å². The maximum absolute atomic E-state index is 13.6. The molecule has 1 amide bonds. The van der Waals surface area contributed by atoms with E-state index in [1.807, 2.05) is 0 Å². The number of nitrogens with zero attached hydrogens (tertiary/aromatic N) is 1. The highest BCUT2D eigenvalue weighted by Crippen LogP contribution is 2.27. The van der Waals surface area contributed by atoms with Crippen LogP contribution in [0.3, 0.4) is 0 Å². The molecule has 0 saturated carbocycles. The Morgan fingerprint density at radius 1 is 1.17 bits per heavy atom. The minimum atomic E-state index is -1.43. The van der Waals surface area contributed by atoms with Gasteiger partial charge in [0, 0.05) is 24.7 Å². The molecule has 1 unspecified atom stereocenters. The zero-order valence-corrected chi connectivity index (χ0v) is 12.9. The lowest BCUT2D eigenvalue weighted by Gasteiger charge is -2.18. The molecule has 1 heterocycles. The number of ether oxygens (including phenoxy) is 1. The van der Waals surface area contributed by atoms with Crippen LogP contribution >= 0.6 is 0 Å². The summed E-state index contributed by atoms with van der Waals surface area (Å²) in [6.07, 6.45) is -0.0887. The first-order valence-corrected chi connectivity index (χ1v) is 7.71. The molecule has 2 aromatic carbocycles. The summed E-state index contributed by atoms with van der Waals surface area (Å²) >= 11 is 0. The summed E-state index contributed by atoms with van der Waals surface area (Å²) < 4.78 is 32.7. The second-order valence-corrected chi connectivity index (χ2v) is 5.61. The zero-order valence-electron chi connectivity index (χ0n) is 12.9. The Bertz CT molecular complexity index is 731. The summed E-state index contributed by atoms with van der Waals surface area (Å²) in [4.78, 5) is 13.4. The molecule has 1 aliphatic heterocycles. The molecular formula is C18H17F2NO3. The number of carbonyl (C=O) groups is 1. The van der Waals surface area contributed by atoms with E-state index in [-0.39, 0.29) is 12.5 Å². The summed E-state index contributed by atoms with van der Waals surface area (Å²) in [7, 11) is 0. The largest absolute Gasteiger partial charge is 0.490 e. The number of rotatable bonds is 5. The summed E-state index contributed by atoms with van der Waals surface area (Å²) in [5.74, 6) is -1.16. The highest BCUT2D eigenvalue weighted by atomic mass is 19.1. The van der Waals surface area contributed by atoms with Gasteiger partial charge in [-0.2, -0.15) is 0 Å². The molecule has 3 rings (SSSR count). The standard InChI is InChI=1S/C18H17F2NO3/c19-14-6-2-7-15(20)18(14)16(22)11-24-13-5-1-4-12(10-13)21-9-3-8-17(21)23/h1-2,4-7,10,16,22H,3,8-9,11H2. The number of anilines is 1. The third-order valence-corrected chi connectivity index (χ3v) is 3.94. The maximum atomic E-state index is 13.6. The first kappa shape index (κ1) is 16.4. The van der Waals surface area contributed by atoms with Crippen molar-refractivity contribution in [1.29, 1.82) is 0 Å². The summed E-state index contributed by atoms with van der Waals surface area (Å²) in [6.45, 7) is 0.362. The van der Waals surface area contributed by atoms with Gasteiger partial charge in [-0.3, -0.25) is 4.79 Å². The number of aliphatic hydroxyl groups excluding tert-OH is 1. The molecule has 1 atom stereocenters. The van der Waals surface area contributed by atoms with E-state index in [2.05, 4.69) is 0 Å². The van der Waals surface area contributed by atoms with Crippen molar-refractivity contribution < 1.29 is 23.4 Å². The highest BCUT2D eigenvalue weighted by Gasteiger charge is 2.22. The van der Waals surface area contributed by atoms with Gasteiger partial charge in [0.25, 0.3) is 0 Å². The number of hydrogen-bond acceptors (Lipinski definition) is 3. The van der Waals surface area contributed by atoms with Gasteiger partial charge in [-0.15, -0.1) is 0 Å². The van der Waals surface area contributed by atoms with E-state index in [0.717, 1.165) is 18.6 Å². The number of carbonyl (C=O) groups excluding carboxylic acids is 1. The van der Waals surface area contributed by atoms with Crippen LogP contribution in [0.2, 0.25) is 0 Å². The predicted molar refractivity (Wildman–Crippen MR) is 84.8 cm³/mol. The van der Waals surface area contributed by atoms with Crippen LogP contribution in [0.25, 0.3) is 0 Å². The Morgan fingerprint density at radius 2 is 1.88 bits per heavy atom. The minimum Gasteiger partial charge on any atom is -0.490 e. The van der Waals surface area contributed by atoms with Gasteiger partial charge in [0.05, 0.1) is 5.56 Å². The highest BCUT2D eigenvalue weighted by molar-refractivity contribution is 5.95. The van der Waals surface area contributed by atoms with E-state index in [9.17, 15) is 18.7 Å². The summed E-state index contributed by atoms with van der Waals surface area (Å²) in [6, 6.07) is 10.3. The van der Waals surface area contributed by atoms with E-state index >= 15 is 0 Å². The topological polar surface area (TPSA) is 49.8 Å². The van der Waals surface area contributed by atoms with Crippen molar-refractivity contribution >= 4 is 11.6 Å². The fourth-order valence-corrected chi connectivity index (χ4v) is 2.75. The summed E-state index contributed by atoms with van der Waals surface area (Å²) in [5, 5.41) is 10.00. The lowest BCUT2D eigenvalue weighted by atomic mass is 10.1. The quantitative estimate of drug-likeness (QED) is 0.914. The van der Waals surface area contributed by atoms with Crippen molar-refractivity contribution in [3.05, 3.63) is 59.7 Å². The molecule has 6 heteroatoms. The predicted octanol–water partition coefficient (Wildman–Crippen LogP) is 3.20. The van der Waals surface area contributed by atoms with Crippen molar-refractivity contribution in [3.63, 3.8) is 0 Å². The Labute approximate surface area is 138 Å². The van der Waals surface area contributed by atoms with Gasteiger partial charge in [-0.25, -0.2) is 8.78 Å². The molecule has 0 aromatic heterocycles. The Morgan fingerprint density at radius 3 is 2.54 bits per heavy atom. The van der Waals surface area contributed by atoms with Gasteiger partial charge in [-0.05, 0) is 30.7 Å². The molecule has 0 radical (unpaired) electrons. The first-order valence-electron chi connectivity index (χ1n) is 7.71. The number of benzene rings is 2. The molecule has 1 saturated heterocycles. The second-order valence-electron chi connectivity index (χ2n) is 5.61. The molecule has 1 fully saturated rings. The van der Waals surface area contributed by atoms with E-state index < -0.39 is 23.3 Å². The van der Waals surface area contributed by atoms with Crippen LogP contribution in [0, 0.1) is 11.6 Å². The zero-order chi connectivity index (χ0) is 17.1. The van der Waals surface area contributed by atoms with Crippen LogP contribution in [0.5, 0.6) is 5.75 Å². The van der Waals surface area contributed by atoms with Gasteiger partial charge < -0.3 is 14.7 Å². The van der Waals surface area contributed by atoms with Crippen LogP contribution in [-0.2, 0) is 4.79 Å². The van der Waals surface area contributed by atoms with Crippen LogP contribution in [0.15, 0.2) is 42.5 Å². The van der Waals surface area contributed by atoms with Gasteiger partial charge in [0.1, 0.15) is 30.1 Å². The van der Waals surface area contributed by atoms with Crippen molar-refractivity contribution in [1.82, 2.24) is 0 Å². The molecule has 0 spiro atoms. The second kappa shape index (κ2) is 6.97. The van der Waals surface area contributed by atoms with Crippen LogP contribution in [-0.4, -0.2) is 24.2 Å². The van der Waals surface area contributed by atoms with Gasteiger partial charge in [0.15, 0.2) is 0 Å². The van der Waals surface area contributed by atoms with Gasteiger partial charge in [-0.1, -0.05) is 12.1 Å². The third-order valence-electron chi connectivity index (χ3n) is 3.94. The molecule has 1 N–H and O–H groups in total. The van der Waals surface area contributed by atoms with E-state index in [4.69, 9.17) is 4.74 Å². The van der Waals surface area contributed by atoms with Gasteiger partial charge >= 0.3 is 0 Å². The number of halogens is 2. The SMILES string of the molecule is O=C1CCCN1c1cccc(OCC(O)c2c(F)cccc2F)c1. The molecular weight excluding hydrogens is 316 g/mol.